The molecule has 21 heavy (non-hydrogen) atoms. The average molecular weight is 285 g/mol. The average Bonchev–Trinajstić information content (AvgIpc) is 2.61. The number of carbonyl (C=O) groups is 1. The number of rotatable bonds is 4. The topological polar surface area (TPSA) is 29.1 Å². The molecule has 0 bridgehead atoms. The van der Waals surface area contributed by atoms with Gasteiger partial charge in [-0.1, -0.05) is 43.9 Å². The third-order valence-corrected chi connectivity index (χ3v) is 3.58. The number of hydrogen-bond acceptors (Lipinski definition) is 1. The zero-order valence-electron chi connectivity index (χ0n) is 12.2. The van der Waals surface area contributed by atoms with Crippen molar-refractivity contribution in [1.29, 1.82) is 0 Å². The molecule has 0 spiro atoms. The molecule has 1 aromatic rings. The summed E-state index contributed by atoms with van der Waals surface area (Å²) in [5.74, 6) is -0.297. The molecule has 3 heteroatoms. The van der Waals surface area contributed by atoms with E-state index in [0.29, 0.717) is 12.1 Å². The van der Waals surface area contributed by atoms with E-state index in [9.17, 15) is 9.18 Å². The van der Waals surface area contributed by atoms with E-state index in [4.69, 9.17) is 0 Å². The fourth-order valence-corrected chi connectivity index (χ4v) is 2.63. The number of allylic oxidation sites excluding steroid dienone is 5. The molecular formula is C18H20FNO. The zero-order valence-corrected chi connectivity index (χ0v) is 12.2. The number of carbonyl (C=O) groups excluding carboxylic acids is 1. The van der Waals surface area contributed by atoms with Crippen LogP contribution in [0.2, 0.25) is 0 Å². The van der Waals surface area contributed by atoms with Crippen molar-refractivity contribution in [3.8, 4) is 0 Å². The van der Waals surface area contributed by atoms with Crippen molar-refractivity contribution in [3.05, 3.63) is 66.0 Å². The van der Waals surface area contributed by atoms with Crippen LogP contribution in [0.3, 0.4) is 0 Å². The zero-order chi connectivity index (χ0) is 15.2. The summed E-state index contributed by atoms with van der Waals surface area (Å²) in [5, 5.41) is 2.80. The first-order valence-corrected chi connectivity index (χ1v) is 7.21. The molecule has 0 radical (unpaired) electrons. The first-order chi connectivity index (χ1) is 10.1. The molecule has 1 unspecified atom stereocenters. The van der Waals surface area contributed by atoms with E-state index >= 15 is 0 Å². The second-order valence-corrected chi connectivity index (χ2v) is 5.16. The summed E-state index contributed by atoms with van der Waals surface area (Å²) in [5.41, 5.74) is 2.69. The fraction of sp³-hybridized carbons (Fsp3) is 0.278. The summed E-state index contributed by atoms with van der Waals surface area (Å²) in [4.78, 5) is 12.0. The minimum absolute atomic E-state index is 0.0710. The Bertz CT molecular complexity index is 601. The number of hydrogen-bond donors (Lipinski definition) is 1. The molecule has 0 aliphatic carbocycles. The lowest BCUT2D eigenvalue weighted by molar-refractivity contribution is -0.116. The molecule has 1 N–H and O–H groups in total. The van der Waals surface area contributed by atoms with Crippen LogP contribution in [-0.4, -0.2) is 5.91 Å². The van der Waals surface area contributed by atoms with Gasteiger partial charge in [0, 0.05) is 12.1 Å². The minimum atomic E-state index is -0.330. The molecule has 1 heterocycles. The van der Waals surface area contributed by atoms with Crippen molar-refractivity contribution in [1.82, 2.24) is 0 Å². The lowest BCUT2D eigenvalue weighted by Crippen LogP contribution is -2.14. The molecule has 1 atom stereocenters. The Labute approximate surface area is 125 Å². The van der Waals surface area contributed by atoms with Gasteiger partial charge in [-0.05, 0) is 42.0 Å². The normalized spacial score (nSPS) is 19.0. The van der Waals surface area contributed by atoms with E-state index in [2.05, 4.69) is 24.9 Å². The van der Waals surface area contributed by atoms with Crippen LogP contribution in [0, 0.1) is 11.7 Å². The Balaban J connectivity index is 2.34. The van der Waals surface area contributed by atoms with Gasteiger partial charge in [-0.3, -0.25) is 4.79 Å². The van der Waals surface area contributed by atoms with Gasteiger partial charge in [0.25, 0.3) is 0 Å². The Morgan fingerprint density at radius 3 is 3.00 bits per heavy atom. The summed E-state index contributed by atoms with van der Waals surface area (Å²) in [6, 6.07) is 4.58. The van der Waals surface area contributed by atoms with Gasteiger partial charge in [0.05, 0.1) is 0 Å². The molecule has 1 amide bonds. The van der Waals surface area contributed by atoms with Crippen LogP contribution in [0.5, 0.6) is 0 Å². The minimum Gasteiger partial charge on any atom is -0.326 e. The monoisotopic (exact) mass is 285 g/mol. The van der Waals surface area contributed by atoms with Gasteiger partial charge < -0.3 is 5.32 Å². The Morgan fingerprint density at radius 1 is 1.48 bits per heavy atom. The van der Waals surface area contributed by atoms with Crippen molar-refractivity contribution in [2.45, 2.75) is 26.2 Å². The molecular weight excluding hydrogens is 265 g/mol. The predicted octanol–water partition coefficient (Wildman–Crippen LogP) is 4.41. The number of fused-ring (bicyclic) bond motifs is 1. The molecule has 0 saturated carbocycles. The van der Waals surface area contributed by atoms with Crippen molar-refractivity contribution >= 4 is 11.6 Å². The van der Waals surface area contributed by atoms with Crippen molar-refractivity contribution in [3.63, 3.8) is 0 Å². The maximum Gasteiger partial charge on any atom is 0.225 e. The maximum absolute atomic E-state index is 13.3. The number of nitrogens with one attached hydrogen (secondary N) is 1. The molecule has 2 nitrogen and oxygen atoms in total. The van der Waals surface area contributed by atoms with E-state index in [-0.39, 0.29) is 17.6 Å². The van der Waals surface area contributed by atoms with E-state index in [0.717, 1.165) is 24.0 Å². The van der Waals surface area contributed by atoms with Gasteiger partial charge >= 0.3 is 0 Å². The summed E-state index contributed by atoms with van der Waals surface area (Å²) >= 11 is 0. The van der Waals surface area contributed by atoms with E-state index in [1.165, 1.54) is 12.1 Å². The van der Waals surface area contributed by atoms with Gasteiger partial charge in [0.2, 0.25) is 5.91 Å². The SMILES string of the molecule is C=C/C=C\C(=C/CC)C1CC(=O)Nc2cc(F)ccc2C1. The van der Waals surface area contributed by atoms with Gasteiger partial charge in [-0.2, -0.15) is 0 Å². The molecule has 0 saturated heterocycles. The van der Waals surface area contributed by atoms with Crippen LogP contribution in [0.25, 0.3) is 0 Å². The van der Waals surface area contributed by atoms with Crippen molar-refractivity contribution in [2.75, 3.05) is 5.32 Å². The van der Waals surface area contributed by atoms with Crippen LogP contribution in [0.15, 0.2) is 54.7 Å². The van der Waals surface area contributed by atoms with Gasteiger partial charge in [-0.25, -0.2) is 4.39 Å². The fourth-order valence-electron chi connectivity index (χ4n) is 2.63. The number of benzene rings is 1. The van der Waals surface area contributed by atoms with Crippen LogP contribution in [-0.2, 0) is 11.2 Å². The third-order valence-electron chi connectivity index (χ3n) is 3.58. The predicted molar refractivity (Wildman–Crippen MR) is 84.6 cm³/mol. The van der Waals surface area contributed by atoms with Crippen LogP contribution in [0.4, 0.5) is 10.1 Å². The summed E-state index contributed by atoms with van der Waals surface area (Å²) in [6.45, 7) is 5.75. The number of halogens is 1. The van der Waals surface area contributed by atoms with Crippen molar-refractivity contribution < 1.29 is 9.18 Å². The van der Waals surface area contributed by atoms with E-state index in [1.807, 2.05) is 12.2 Å². The van der Waals surface area contributed by atoms with Crippen LogP contribution in [0.1, 0.15) is 25.3 Å². The first kappa shape index (κ1) is 15.2. The van der Waals surface area contributed by atoms with E-state index < -0.39 is 0 Å². The Hall–Kier alpha value is -2.16. The molecule has 2 rings (SSSR count). The van der Waals surface area contributed by atoms with Crippen molar-refractivity contribution in [2.24, 2.45) is 5.92 Å². The molecule has 110 valence electrons. The van der Waals surface area contributed by atoms with Crippen LogP contribution >= 0.6 is 0 Å². The Kier molecular flexibility index (Phi) is 5.09. The van der Waals surface area contributed by atoms with Gasteiger partial charge in [-0.15, -0.1) is 0 Å². The molecule has 1 aliphatic heterocycles. The third kappa shape index (κ3) is 3.91. The van der Waals surface area contributed by atoms with E-state index in [1.54, 1.807) is 12.1 Å². The largest absolute Gasteiger partial charge is 0.326 e. The van der Waals surface area contributed by atoms with Gasteiger partial charge in [0.15, 0.2) is 0 Å². The highest BCUT2D eigenvalue weighted by atomic mass is 19.1. The highest BCUT2D eigenvalue weighted by Gasteiger charge is 2.23. The van der Waals surface area contributed by atoms with Gasteiger partial charge in [0.1, 0.15) is 5.82 Å². The summed E-state index contributed by atoms with van der Waals surface area (Å²) in [6.07, 6.45) is 9.78. The molecule has 1 aliphatic rings. The first-order valence-electron chi connectivity index (χ1n) is 7.21. The highest BCUT2D eigenvalue weighted by molar-refractivity contribution is 5.92. The standard InChI is InChI=1S/C18H20FNO/c1-3-5-7-13(6-4-2)15-10-14-8-9-16(19)12-17(14)20-18(21)11-15/h3,5-9,12,15H,1,4,10-11H2,2H3,(H,20,21)/b7-5-,13-6+. The smallest absolute Gasteiger partial charge is 0.225 e. The number of anilines is 1. The molecule has 0 fully saturated rings. The number of amides is 1. The Morgan fingerprint density at radius 2 is 2.29 bits per heavy atom. The molecule has 0 aromatic heterocycles. The molecule has 1 aromatic carbocycles. The summed E-state index contributed by atoms with van der Waals surface area (Å²) in [7, 11) is 0. The maximum atomic E-state index is 13.3. The second-order valence-electron chi connectivity index (χ2n) is 5.16. The summed E-state index contributed by atoms with van der Waals surface area (Å²) < 4.78 is 13.3. The lowest BCUT2D eigenvalue weighted by atomic mass is 9.88. The lowest BCUT2D eigenvalue weighted by Gasteiger charge is -2.15. The quantitative estimate of drug-likeness (QED) is 0.816. The highest BCUT2D eigenvalue weighted by Crippen LogP contribution is 2.30. The van der Waals surface area contributed by atoms with Crippen LogP contribution < -0.4 is 5.32 Å². The second kappa shape index (κ2) is 7.02.